The highest BCUT2D eigenvalue weighted by atomic mass is 79.9. The third-order valence-electron chi connectivity index (χ3n) is 2.80. The van der Waals surface area contributed by atoms with E-state index in [-0.39, 0.29) is 5.91 Å². The van der Waals surface area contributed by atoms with E-state index in [1.807, 2.05) is 38.3 Å². The van der Waals surface area contributed by atoms with Gasteiger partial charge in [-0.1, -0.05) is 27.7 Å². The van der Waals surface area contributed by atoms with Crippen molar-refractivity contribution in [2.24, 2.45) is 0 Å². The quantitative estimate of drug-likeness (QED) is 0.674. The average Bonchev–Trinajstić information content (AvgIpc) is 2.42. The average molecular weight is 352 g/mol. The zero-order valence-electron chi connectivity index (χ0n) is 11.4. The van der Waals surface area contributed by atoms with Crippen LogP contribution < -0.4 is 5.32 Å². The number of aryl methyl sites for hydroxylation is 2. The van der Waals surface area contributed by atoms with E-state index < -0.39 is 0 Å². The van der Waals surface area contributed by atoms with E-state index in [1.165, 1.54) is 11.8 Å². The molecule has 2 rings (SSSR count). The van der Waals surface area contributed by atoms with Crippen LogP contribution in [0.3, 0.4) is 0 Å². The Balaban J connectivity index is 2.21. The summed E-state index contributed by atoms with van der Waals surface area (Å²) in [5.41, 5.74) is 2.98. The van der Waals surface area contributed by atoms with Gasteiger partial charge in [-0.15, -0.1) is 0 Å². The molecule has 0 aliphatic rings. The smallest absolute Gasteiger partial charge is 0.259 e. The number of aromatic nitrogens is 2. The lowest BCUT2D eigenvalue weighted by atomic mass is 10.2. The first-order chi connectivity index (χ1) is 9.51. The second-order valence-electron chi connectivity index (χ2n) is 4.27. The van der Waals surface area contributed by atoms with E-state index in [4.69, 9.17) is 0 Å². The van der Waals surface area contributed by atoms with Crippen LogP contribution in [-0.4, -0.2) is 22.1 Å². The van der Waals surface area contributed by atoms with E-state index in [0.717, 1.165) is 15.7 Å². The highest BCUT2D eigenvalue weighted by Gasteiger charge is 2.12. The van der Waals surface area contributed by atoms with Gasteiger partial charge in [0, 0.05) is 16.4 Å². The maximum atomic E-state index is 12.2. The molecule has 0 bridgehead atoms. The molecule has 1 heterocycles. The molecule has 1 aromatic carbocycles. The maximum Gasteiger partial charge on any atom is 0.259 e. The number of hydrogen-bond donors (Lipinski definition) is 1. The third-order valence-corrected chi connectivity index (χ3v) is 4.25. The summed E-state index contributed by atoms with van der Waals surface area (Å²) in [4.78, 5) is 20.6. The summed E-state index contributed by atoms with van der Waals surface area (Å²) >= 11 is 4.88. The molecule has 4 nitrogen and oxygen atoms in total. The molecule has 0 unspecified atom stereocenters. The van der Waals surface area contributed by atoms with Gasteiger partial charge in [-0.25, -0.2) is 9.97 Å². The van der Waals surface area contributed by atoms with Crippen molar-refractivity contribution < 1.29 is 4.79 Å². The molecule has 0 saturated heterocycles. The van der Waals surface area contributed by atoms with E-state index in [0.29, 0.717) is 16.4 Å². The molecule has 0 aliphatic heterocycles. The topological polar surface area (TPSA) is 54.9 Å². The molecule has 20 heavy (non-hydrogen) atoms. The van der Waals surface area contributed by atoms with Crippen molar-refractivity contribution >= 4 is 39.3 Å². The van der Waals surface area contributed by atoms with Crippen LogP contribution in [0, 0.1) is 13.8 Å². The Hall–Kier alpha value is -1.40. The Morgan fingerprint density at radius 2 is 2.10 bits per heavy atom. The van der Waals surface area contributed by atoms with Gasteiger partial charge in [0.2, 0.25) is 0 Å². The van der Waals surface area contributed by atoms with E-state index in [9.17, 15) is 4.79 Å². The number of carbonyl (C=O) groups excluding carboxylic acids is 1. The SMILES string of the molecule is CSc1ncc(C(=O)Nc2ccc(Br)c(C)c2)c(C)n1. The van der Waals surface area contributed by atoms with E-state index >= 15 is 0 Å². The van der Waals surface area contributed by atoms with Crippen molar-refractivity contribution in [3.63, 3.8) is 0 Å². The van der Waals surface area contributed by atoms with Gasteiger partial charge in [-0.2, -0.15) is 0 Å². The minimum absolute atomic E-state index is 0.197. The van der Waals surface area contributed by atoms with Crippen molar-refractivity contribution in [2.75, 3.05) is 11.6 Å². The summed E-state index contributed by atoms with van der Waals surface area (Å²) < 4.78 is 1.01. The molecule has 0 fully saturated rings. The minimum Gasteiger partial charge on any atom is -0.322 e. The van der Waals surface area contributed by atoms with Crippen LogP contribution >= 0.6 is 27.7 Å². The first kappa shape index (κ1) is 15.0. The maximum absolute atomic E-state index is 12.2. The predicted molar refractivity (Wildman–Crippen MR) is 85.4 cm³/mol. The number of benzene rings is 1. The number of nitrogens with zero attached hydrogens (tertiary/aromatic N) is 2. The fourth-order valence-corrected chi connectivity index (χ4v) is 2.32. The molecule has 1 amide bonds. The lowest BCUT2D eigenvalue weighted by Crippen LogP contribution is -2.15. The number of hydrogen-bond acceptors (Lipinski definition) is 4. The molecule has 0 aliphatic carbocycles. The Bertz CT molecular complexity index is 661. The van der Waals surface area contributed by atoms with Crippen molar-refractivity contribution in [1.29, 1.82) is 0 Å². The largest absolute Gasteiger partial charge is 0.322 e. The molecule has 0 atom stereocenters. The van der Waals surface area contributed by atoms with E-state index in [2.05, 4.69) is 31.2 Å². The lowest BCUT2D eigenvalue weighted by Gasteiger charge is -2.09. The summed E-state index contributed by atoms with van der Waals surface area (Å²) in [5, 5.41) is 3.52. The summed E-state index contributed by atoms with van der Waals surface area (Å²) in [6, 6.07) is 5.67. The van der Waals surface area contributed by atoms with Crippen LogP contribution in [0.5, 0.6) is 0 Å². The number of thioether (sulfide) groups is 1. The Kier molecular flexibility index (Phi) is 4.77. The highest BCUT2D eigenvalue weighted by Crippen LogP contribution is 2.21. The third kappa shape index (κ3) is 3.37. The van der Waals surface area contributed by atoms with Crippen LogP contribution in [0.15, 0.2) is 34.0 Å². The number of carbonyl (C=O) groups is 1. The normalized spacial score (nSPS) is 10.4. The first-order valence-electron chi connectivity index (χ1n) is 5.96. The van der Waals surface area contributed by atoms with Crippen LogP contribution in [0.2, 0.25) is 0 Å². The molecule has 0 saturated carbocycles. The van der Waals surface area contributed by atoms with Gasteiger partial charge < -0.3 is 5.32 Å². The molecule has 6 heteroatoms. The number of rotatable bonds is 3. The Morgan fingerprint density at radius 3 is 2.70 bits per heavy atom. The second kappa shape index (κ2) is 6.37. The van der Waals surface area contributed by atoms with Gasteiger partial charge in [0.1, 0.15) is 0 Å². The van der Waals surface area contributed by atoms with Crippen LogP contribution in [-0.2, 0) is 0 Å². The van der Waals surface area contributed by atoms with Crippen LogP contribution in [0.1, 0.15) is 21.6 Å². The van der Waals surface area contributed by atoms with Crippen molar-refractivity contribution in [3.05, 3.63) is 45.7 Å². The molecular weight excluding hydrogens is 338 g/mol. The zero-order valence-corrected chi connectivity index (χ0v) is 13.8. The summed E-state index contributed by atoms with van der Waals surface area (Å²) in [6.45, 7) is 3.78. The Labute approximate surface area is 130 Å². The molecule has 0 spiro atoms. The van der Waals surface area contributed by atoms with Crippen molar-refractivity contribution in [2.45, 2.75) is 19.0 Å². The van der Waals surface area contributed by atoms with Gasteiger partial charge in [-0.05, 0) is 43.9 Å². The van der Waals surface area contributed by atoms with Gasteiger partial charge >= 0.3 is 0 Å². The molecule has 2 aromatic rings. The fourth-order valence-electron chi connectivity index (χ4n) is 1.69. The predicted octanol–water partition coefficient (Wildman–Crippen LogP) is 3.83. The van der Waals surface area contributed by atoms with Crippen molar-refractivity contribution in [3.8, 4) is 0 Å². The minimum atomic E-state index is -0.197. The Morgan fingerprint density at radius 1 is 1.35 bits per heavy atom. The molecular formula is C14H14BrN3OS. The zero-order chi connectivity index (χ0) is 14.7. The molecule has 0 radical (unpaired) electrons. The van der Waals surface area contributed by atoms with Gasteiger partial charge in [0.25, 0.3) is 5.91 Å². The second-order valence-corrected chi connectivity index (χ2v) is 5.90. The first-order valence-corrected chi connectivity index (χ1v) is 7.98. The summed E-state index contributed by atoms with van der Waals surface area (Å²) in [5.74, 6) is -0.197. The van der Waals surface area contributed by atoms with Gasteiger partial charge in [-0.3, -0.25) is 4.79 Å². The van der Waals surface area contributed by atoms with Crippen molar-refractivity contribution in [1.82, 2.24) is 9.97 Å². The molecule has 104 valence electrons. The number of anilines is 1. The number of halogens is 1. The molecule has 1 aromatic heterocycles. The lowest BCUT2D eigenvalue weighted by molar-refractivity contribution is 0.102. The summed E-state index contributed by atoms with van der Waals surface area (Å²) in [6.07, 6.45) is 3.47. The van der Waals surface area contributed by atoms with Crippen LogP contribution in [0.25, 0.3) is 0 Å². The summed E-state index contributed by atoms with van der Waals surface area (Å²) in [7, 11) is 0. The standard InChI is InChI=1S/C14H14BrN3OS/c1-8-6-10(4-5-12(8)15)18-13(19)11-7-16-14(20-3)17-9(11)2/h4-7H,1-3H3,(H,18,19). The monoisotopic (exact) mass is 351 g/mol. The van der Waals surface area contributed by atoms with E-state index in [1.54, 1.807) is 6.20 Å². The van der Waals surface area contributed by atoms with Crippen LogP contribution in [0.4, 0.5) is 5.69 Å². The van der Waals surface area contributed by atoms with Gasteiger partial charge in [0.05, 0.1) is 11.3 Å². The highest BCUT2D eigenvalue weighted by molar-refractivity contribution is 9.10. The molecule has 1 N–H and O–H groups in total. The number of amides is 1. The fraction of sp³-hybridized carbons (Fsp3) is 0.214. The number of nitrogens with one attached hydrogen (secondary N) is 1. The van der Waals surface area contributed by atoms with Gasteiger partial charge in [0.15, 0.2) is 5.16 Å².